The molecule has 0 atom stereocenters. The number of fused-ring (bicyclic) bond motifs is 1. The van der Waals surface area contributed by atoms with E-state index in [1.807, 2.05) is 34.9 Å². The van der Waals surface area contributed by atoms with Crippen LogP contribution in [0.25, 0.3) is 28.2 Å². The van der Waals surface area contributed by atoms with E-state index < -0.39 is 10.0 Å². The second-order valence-corrected chi connectivity index (χ2v) is 12.3. The smallest absolute Gasteiger partial charge is 0.267 e. The van der Waals surface area contributed by atoms with Crippen LogP contribution >= 0.6 is 0 Å². The number of nitrogens with one attached hydrogen (secondary N) is 2. The Morgan fingerprint density at radius 1 is 1.00 bits per heavy atom. The quantitative estimate of drug-likeness (QED) is 0.264. The Morgan fingerprint density at radius 3 is 2.33 bits per heavy atom. The number of hydrogen-bond acceptors (Lipinski definition) is 6. The van der Waals surface area contributed by atoms with E-state index >= 15 is 0 Å². The number of anilines is 1. The van der Waals surface area contributed by atoms with Gasteiger partial charge in [-0.3, -0.25) is 9.20 Å². The molecule has 1 amide bonds. The number of carbonyl (C=O) groups excluding carboxylic acids is 1. The molecular weight excluding hydrogens is 524 g/mol. The molecule has 2 aromatic carbocycles. The Balaban J connectivity index is 1.37. The molecule has 9 nitrogen and oxygen atoms in total. The fraction of sp³-hybridized carbons (Fsp3) is 0.233. The first-order valence-electron chi connectivity index (χ1n) is 13.3. The average molecular weight is 555 g/mol. The van der Waals surface area contributed by atoms with Crippen LogP contribution in [0.5, 0.6) is 0 Å². The highest BCUT2D eigenvalue weighted by Crippen LogP contribution is 2.29. The van der Waals surface area contributed by atoms with Gasteiger partial charge in [0.15, 0.2) is 11.5 Å². The van der Waals surface area contributed by atoms with E-state index in [1.165, 1.54) is 16.4 Å². The topological polar surface area (TPSA) is 110 Å². The number of nitrogens with zero attached hydrogens (tertiary/aromatic N) is 4. The van der Waals surface area contributed by atoms with Crippen LogP contribution in [0.4, 0.5) is 5.82 Å². The molecule has 0 radical (unpaired) electrons. The minimum absolute atomic E-state index is 0.0545. The number of imidazole rings is 1. The molecule has 204 valence electrons. The third-order valence-corrected chi connectivity index (χ3v) is 8.49. The van der Waals surface area contributed by atoms with E-state index in [0.29, 0.717) is 41.2 Å². The lowest BCUT2D eigenvalue weighted by Crippen LogP contribution is -2.25. The Labute approximate surface area is 233 Å². The van der Waals surface area contributed by atoms with E-state index in [4.69, 9.17) is 4.98 Å². The van der Waals surface area contributed by atoms with E-state index in [0.717, 1.165) is 29.7 Å². The molecular formula is C30H30N6O3S. The Kier molecular flexibility index (Phi) is 6.63. The van der Waals surface area contributed by atoms with E-state index in [2.05, 4.69) is 29.5 Å². The molecule has 6 rings (SSSR count). The second kappa shape index (κ2) is 10.3. The molecule has 0 aliphatic heterocycles. The fourth-order valence-electron chi connectivity index (χ4n) is 4.45. The van der Waals surface area contributed by atoms with Crippen molar-refractivity contribution in [1.82, 2.24) is 23.7 Å². The maximum atomic E-state index is 12.9. The molecule has 0 unspecified atom stereocenters. The predicted octanol–water partition coefficient (Wildman–Crippen LogP) is 5.06. The molecule has 1 aliphatic carbocycles. The van der Waals surface area contributed by atoms with Crippen LogP contribution < -0.4 is 10.6 Å². The molecule has 0 saturated heterocycles. The normalized spacial score (nSPS) is 13.6. The molecule has 10 heteroatoms. The van der Waals surface area contributed by atoms with Crippen LogP contribution in [0.2, 0.25) is 0 Å². The SMILES string of the molecule is CC(C)CNc1nc(-c2ccc(S(=O)(=O)n3cccc3)cc2)cn2c(-c3ccc(C(=O)NC4CC4)cc3)cnc12. The van der Waals surface area contributed by atoms with Crippen LogP contribution in [0.15, 0.2) is 90.3 Å². The van der Waals surface area contributed by atoms with Crippen LogP contribution in [-0.2, 0) is 10.0 Å². The molecule has 3 heterocycles. The van der Waals surface area contributed by atoms with Gasteiger partial charge in [0.2, 0.25) is 0 Å². The van der Waals surface area contributed by atoms with Gasteiger partial charge in [-0.15, -0.1) is 0 Å². The summed E-state index contributed by atoms with van der Waals surface area (Å²) < 4.78 is 29.0. The first kappa shape index (κ1) is 25.8. The molecule has 3 aromatic heterocycles. The maximum Gasteiger partial charge on any atom is 0.267 e. The summed E-state index contributed by atoms with van der Waals surface area (Å²) in [6.07, 6.45) is 8.81. The van der Waals surface area contributed by atoms with Crippen molar-refractivity contribution in [1.29, 1.82) is 0 Å². The van der Waals surface area contributed by atoms with Gasteiger partial charge >= 0.3 is 0 Å². The number of benzene rings is 2. The van der Waals surface area contributed by atoms with Crippen molar-refractivity contribution in [3.05, 3.63) is 91.0 Å². The number of hydrogen-bond donors (Lipinski definition) is 2. The van der Waals surface area contributed by atoms with Gasteiger partial charge in [-0.05, 0) is 55.2 Å². The number of rotatable bonds is 9. The Bertz CT molecular complexity index is 1770. The minimum atomic E-state index is -3.66. The van der Waals surface area contributed by atoms with Gasteiger partial charge in [-0.2, -0.15) is 0 Å². The summed E-state index contributed by atoms with van der Waals surface area (Å²) in [5, 5.41) is 6.44. The summed E-state index contributed by atoms with van der Waals surface area (Å²) in [6, 6.07) is 17.9. The van der Waals surface area contributed by atoms with Crippen molar-refractivity contribution < 1.29 is 13.2 Å². The van der Waals surface area contributed by atoms with Crippen molar-refractivity contribution in [2.75, 3.05) is 11.9 Å². The van der Waals surface area contributed by atoms with Crippen LogP contribution in [-0.4, -0.2) is 45.3 Å². The summed E-state index contributed by atoms with van der Waals surface area (Å²) in [5.41, 5.74) is 4.52. The molecule has 40 heavy (non-hydrogen) atoms. The summed E-state index contributed by atoms with van der Waals surface area (Å²) >= 11 is 0. The van der Waals surface area contributed by atoms with Gasteiger partial charge in [0.05, 0.1) is 22.5 Å². The minimum Gasteiger partial charge on any atom is -0.367 e. The van der Waals surface area contributed by atoms with E-state index in [9.17, 15) is 13.2 Å². The highest BCUT2D eigenvalue weighted by Gasteiger charge is 2.24. The lowest BCUT2D eigenvalue weighted by atomic mass is 10.1. The second-order valence-electron chi connectivity index (χ2n) is 10.5. The molecule has 1 fully saturated rings. The number of aromatic nitrogens is 4. The van der Waals surface area contributed by atoms with Gasteiger partial charge in [-0.25, -0.2) is 22.4 Å². The molecule has 0 bridgehead atoms. The highest BCUT2D eigenvalue weighted by molar-refractivity contribution is 7.90. The predicted molar refractivity (Wildman–Crippen MR) is 155 cm³/mol. The van der Waals surface area contributed by atoms with Gasteiger partial charge < -0.3 is 10.6 Å². The fourth-order valence-corrected chi connectivity index (χ4v) is 5.63. The molecule has 1 aliphatic rings. The third kappa shape index (κ3) is 5.10. The Hall–Kier alpha value is -4.44. The van der Waals surface area contributed by atoms with Crippen molar-refractivity contribution in [2.24, 2.45) is 5.92 Å². The monoisotopic (exact) mass is 554 g/mol. The third-order valence-electron chi connectivity index (χ3n) is 6.83. The van der Waals surface area contributed by atoms with Gasteiger partial charge in [0.25, 0.3) is 15.9 Å². The Morgan fingerprint density at radius 2 is 1.68 bits per heavy atom. The maximum absolute atomic E-state index is 12.9. The zero-order valence-electron chi connectivity index (χ0n) is 22.3. The largest absolute Gasteiger partial charge is 0.367 e. The van der Waals surface area contributed by atoms with Crippen LogP contribution in [0, 0.1) is 5.92 Å². The zero-order valence-corrected chi connectivity index (χ0v) is 23.1. The first-order valence-corrected chi connectivity index (χ1v) is 14.8. The van der Waals surface area contributed by atoms with Crippen LogP contribution in [0.3, 0.4) is 0 Å². The molecule has 1 saturated carbocycles. The summed E-state index contributed by atoms with van der Waals surface area (Å²) in [6.45, 7) is 4.96. The number of amides is 1. The van der Waals surface area contributed by atoms with E-state index in [-0.39, 0.29) is 10.8 Å². The molecule has 0 spiro atoms. The zero-order chi connectivity index (χ0) is 27.9. The summed E-state index contributed by atoms with van der Waals surface area (Å²) in [7, 11) is -3.66. The summed E-state index contributed by atoms with van der Waals surface area (Å²) in [5.74, 6) is 0.982. The standard InChI is InChI=1S/C30H30N6O3S/c1-20(2)17-31-28-29-32-18-27(22-5-7-23(8-6-22)30(37)33-24-11-12-24)36(29)19-26(34-28)21-9-13-25(14-10-21)40(38,39)35-15-3-4-16-35/h3-10,13-16,18-20,24H,11-12,17H2,1-2H3,(H,31,34)(H,33,37). The van der Waals surface area contributed by atoms with Gasteiger partial charge in [-0.1, -0.05) is 38.1 Å². The van der Waals surface area contributed by atoms with Crippen molar-refractivity contribution in [3.8, 4) is 22.5 Å². The van der Waals surface area contributed by atoms with Crippen molar-refractivity contribution in [3.63, 3.8) is 0 Å². The van der Waals surface area contributed by atoms with Gasteiger partial charge in [0, 0.05) is 47.9 Å². The molecule has 2 N–H and O–H groups in total. The average Bonchev–Trinajstić information content (AvgIpc) is 3.41. The molecule has 5 aromatic rings. The van der Waals surface area contributed by atoms with E-state index in [1.54, 1.807) is 42.6 Å². The van der Waals surface area contributed by atoms with Crippen molar-refractivity contribution in [2.45, 2.75) is 37.6 Å². The lowest BCUT2D eigenvalue weighted by Gasteiger charge is -2.13. The van der Waals surface area contributed by atoms with Crippen LogP contribution in [0.1, 0.15) is 37.0 Å². The number of carbonyl (C=O) groups is 1. The highest BCUT2D eigenvalue weighted by atomic mass is 32.2. The van der Waals surface area contributed by atoms with Crippen molar-refractivity contribution >= 4 is 27.4 Å². The lowest BCUT2D eigenvalue weighted by molar-refractivity contribution is 0.0951. The summed E-state index contributed by atoms with van der Waals surface area (Å²) in [4.78, 5) is 22.2. The van der Waals surface area contributed by atoms with Gasteiger partial charge in [0.1, 0.15) is 0 Å². The first-order chi connectivity index (χ1) is 19.3.